The molecule has 0 aliphatic rings. The Bertz CT molecular complexity index is 412. The van der Waals surface area contributed by atoms with Gasteiger partial charge in [-0.1, -0.05) is 6.07 Å². The van der Waals surface area contributed by atoms with E-state index in [1.54, 1.807) is 6.07 Å². The van der Waals surface area contributed by atoms with Gasteiger partial charge < -0.3 is 9.80 Å². The maximum absolute atomic E-state index is 13.3. The molecule has 0 aliphatic heterocycles. The highest BCUT2D eigenvalue weighted by molar-refractivity contribution is 14.0. The van der Waals surface area contributed by atoms with Crippen LogP contribution in [0, 0.1) is 5.82 Å². The van der Waals surface area contributed by atoms with Gasteiger partial charge in [0.1, 0.15) is 5.82 Å². The second-order valence-electron chi connectivity index (χ2n) is 4.15. The first kappa shape index (κ1) is 17.6. The summed E-state index contributed by atoms with van der Waals surface area (Å²) < 4.78 is 13.8. The van der Waals surface area contributed by atoms with Gasteiger partial charge in [0.25, 0.3) is 0 Å². The van der Waals surface area contributed by atoms with E-state index in [0.717, 1.165) is 11.5 Å². The third kappa shape index (κ3) is 5.09. The minimum Gasteiger partial charge on any atom is -0.349 e. The molecule has 0 atom stereocenters. The van der Waals surface area contributed by atoms with Crippen LogP contribution in [0.3, 0.4) is 0 Å². The zero-order chi connectivity index (χ0) is 13.0. The number of aliphatic imine (C=N–C) groups is 1. The largest absolute Gasteiger partial charge is 0.349 e. The second kappa shape index (κ2) is 7.93. The van der Waals surface area contributed by atoms with Gasteiger partial charge in [0.05, 0.1) is 11.0 Å². The molecule has 102 valence electrons. The van der Waals surface area contributed by atoms with Crippen molar-refractivity contribution in [1.82, 2.24) is 9.80 Å². The number of benzene rings is 1. The van der Waals surface area contributed by atoms with Crippen LogP contribution in [-0.2, 0) is 6.54 Å². The van der Waals surface area contributed by atoms with E-state index < -0.39 is 0 Å². The van der Waals surface area contributed by atoms with Gasteiger partial charge in [-0.25, -0.2) is 9.38 Å². The van der Waals surface area contributed by atoms with Crippen LogP contribution in [0.2, 0.25) is 0 Å². The van der Waals surface area contributed by atoms with Crippen molar-refractivity contribution in [3.63, 3.8) is 0 Å². The lowest BCUT2D eigenvalue weighted by atomic mass is 10.2. The number of halogens is 3. The van der Waals surface area contributed by atoms with Crippen molar-refractivity contribution in [2.24, 2.45) is 4.99 Å². The molecule has 0 bridgehead atoms. The van der Waals surface area contributed by atoms with Gasteiger partial charge in [0.15, 0.2) is 5.96 Å². The van der Waals surface area contributed by atoms with Crippen molar-refractivity contribution in [3.8, 4) is 0 Å². The summed E-state index contributed by atoms with van der Waals surface area (Å²) in [6.07, 6.45) is 0. The average molecular weight is 430 g/mol. The molecule has 1 aromatic carbocycles. The normalized spacial score (nSPS) is 9.44. The molecule has 1 aromatic rings. The van der Waals surface area contributed by atoms with Gasteiger partial charge in [-0.3, -0.25) is 0 Å². The zero-order valence-corrected chi connectivity index (χ0v) is 14.9. The van der Waals surface area contributed by atoms with Crippen LogP contribution < -0.4 is 0 Å². The molecule has 0 aromatic heterocycles. The van der Waals surface area contributed by atoms with Crippen LogP contribution in [0.1, 0.15) is 5.56 Å². The predicted octanol–water partition coefficient (Wildman–Crippen LogP) is 3.19. The quantitative estimate of drug-likeness (QED) is 0.408. The van der Waals surface area contributed by atoms with E-state index in [-0.39, 0.29) is 29.8 Å². The van der Waals surface area contributed by atoms with Crippen LogP contribution in [0.25, 0.3) is 0 Å². The molecule has 6 heteroatoms. The summed E-state index contributed by atoms with van der Waals surface area (Å²) >= 11 is 3.13. The lowest BCUT2D eigenvalue weighted by Crippen LogP contribution is -2.35. The molecule has 0 amide bonds. The minimum absolute atomic E-state index is 0. The van der Waals surface area contributed by atoms with Crippen molar-refractivity contribution < 1.29 is 4.39 Å². The van der Waals surface area contributed by atoms with Crippen LogP contribution in [-0.4, -0.2) is 44.0 Å². The van der Waals surface area contributed by atoms with Crippen molar-refractivity contribution in [3.05, 3.63) is 34.1 Å². The van der Waals surface area contributed by atoms with Gasteiger partial charge >= 0.3 is 0 Å². The molecule has 0 saturated heterocycles. The fraction of sp³-hybridized carbons (Fsp3) is 0.417. The average Bonchev–Trinajstić information content (AvgIpc) is 2.22. The van der Waals surface area contributed by atoms with E-state index in [0.29, 0.717) is 11.0 Å². The van der Waals surface area contributed by atoms with Crippen molar-refractivity contribution in [2.75, 3.05) is 28.2 Å². The van der Waals surface area contributed by atoms with Crippen LogP contribution in [0.15, 0.2) is 27.7 Å². The van der Waals surface area contributed by atoms with Crippen LogP contribution in [0.4, 0.5) is 4.39 Å². The molecule has 3 nitrogen and oxygen atoms in total. The maximum Gasteiger partial charge on any atom is 0.195 e. The molecule has 0 radical (unpaired) electrons. The topological polar surface area (TPSA) is 18.8 Å². The first-order chi connectivity index (χ1) is 7.91. The number of hydrogen-bond donors (Lipinski definition) is 0. The third-order valence-corrected chi connectivity index (χ3v) is 2.83. The highest BCUT2D eigenvalue weighted by atomic mass is 127. The van der Waals surface area contributed by atoms with E-state index in [2.05, 4.69) is 20.9 Å². The SMILES string of the molecule is CN(C)C(=NCc1ccc(Br)c(F)c1)N(C)C.I. The predicted molar refractivity (Wildman–Crippen MR) is 88.0 cm³/mol. The van der Waals surface area contributed by atoms with Crippen LogP contribution >= 0.6 is 39.9 Å². The molecule has 0 spiro atoms. The van der Waals surface area contributed by atoms with E-state index >= 15 is 0 Å². The third-order valence-electron chi connectivity index (χ3n) is 2.19. The van der Waals surface area contributed by atoms with E-state index in [4.69, 9.17) is 0 Å². The van der Waals surface area contributed by atoms with E-state index in [1.165, 1.54) is 6.07 Å². The monoisotopic (exact) mass is 429 g/mol. The van der Waals surface area contributed by atoms with Crippen molar-refractivity contribution in [1.29, 1.82) is 0 Å². The first-order valence-electron chi connectivity index (χ1n) is 5.25. The number of nitrogens with zero attached hydrogens (tertiary/aromatic N) is 3. The minimum atomic E-state index is -0.256. The Morgan fingerprint density at radius 1 is 1.22 bits per heavy atom. The van der Waals surface area contributed by atoms with Crippen molar-refractivity contribution in [2.45, 2.75) is 6.54 Å². The van der Waals surface area contributed by atoms with Gasteiger partial charge in [-0.05, 0) is 33.6 Å². The highest BCUT2D eigenvalue weighted by Gasteiger charge is 2.05. The molecule has 0 fully saturated rings. The lowest BCUT2D eigenvalue weighted by Gasteiger charge is -2.22. The van der Waals surface area contributed by atoms with Gasteiger partial charge in [0, 0.05) is 28.2 Å². The molecule has 18 heavy (non-hydrogen) atoms. The van der Waals surface area contributed by atoms with Gasteiger partial charge in [0.2, 0.25) is 0 Å². The van der Waals surface area contributed by atoms with E-state index in [1.807, 2.05) is 44.1 Å². The number of rotatable bonds is 2. The Morgan fingerprint density at radius 2 is 1.78 bits per heavy atom. The number of hydrogen-bond acceptors (Lipinski definition) is 1. The molecule has 0 aliphatic carbocycles. The summed E-state index contributed by atoms with van der Waals surface area (Å²) in [4.78, 5) is 8.30. The van der Waals surface area contributed by atoms with Crippen LogP contribution in [0.5, 0.6) is 0 Å². The molecule has 0 saturated carbocycles. The lowest BCUT2D eigenvalue weighted by molar-refractivity contribution is 0.479. The summed E-state index contributed by atoms with van der Waals surface area (Å²) in [6, 6.07) is 5.06. The van der Waals surface area contributed by atoms with Gasteiger partial charge in [-0.15, -0.1) is 24.0 Å². The summed E-state index contributed by atoms with van der Waals surface area (Å²) in [6.45, 7) is 0.468. The Balaban J connectivity index is 0.00000289. The fourth-order valence-electron chi connectivity index (χ4n) is 1.48. The summed E-state index contributed by atoms with van der Waals surface area (Å²) in [7, 11) is 7.73. The molecule has 0 unspecified atom stereocenters. The summed E-state index contributed by atoms with van der Waals surface area (Å²) in [5.74, 6) is 0.599. The zero-order valence-electron chi connectivity index (χ0n) is 10.9. The van der Waals surface area contributed by atoms with E-state index in [9.17, 15) is 4.39 Å². The Labute approximate surface area is 133 Å². The smallest absolute Gasteiger partial charge is 0.195 e. The standard InChI is InChI=1S/C12H17BrFN3.HI/c1-16(2)12(17(3)4)15-8-9-5-6-10(13)11(14)7-9;/h5-7H,8H2,1-4H3;1H. The van der Waals surface area contributed by atoms with Gasteiger partial charge in [-0.2, -0.15) is 0 Å². The molecule has 0 heterocycles. The maximum atomic E-state index is 13.3. The first-order valence-corrected chi connectivity index (χ1v) is 6.04. The Morgan fingerprint density at radius 3 is 2.22 bits per heavy atom. The molecule has 1 rings (SSSR count). The summed E-state index contributed by atoms with van der Waals surface area (Å²) in [5, 5.41) is 0. The highest BCUT2D eigenvalue weighted by Crippen LogP contribution is 2.16. The second-order valence-corrected chi connectivity index (χ2v) is 5.01. The van der Waals surface area contributed by atoms with Crippen molar-refractivity contribution >= 4 is 45.9 Å². The summed E-state index contributed by atoms with van der Waals surface area (Å²) in [5.41, 5.74) is 0.854. The number of guanidine groups is 1. The Hall–Kier alpha value is -0.370. The Kier molecular flexibility index (Phi) is 7.77. The molecule has 0 N–H and O–H groups in total. The molecular weight excluding hydrogens is 412 g/mol. The molecular formula is C12H18BrFIN3. The fourth-order valence-corrected chi connectivity index (χ4v) is 1.73.